The van der Waals surface area contributed by atoms with E-state index >= 15 is 0 Å². The molecule has 0 amide bonds. The van der Waals surface area contributed by atoms with E-state index in [1.807, 2.05) is 30.3 Å². The molecule has 4 heteroatoms. The number of hydrogen-bond donors (Lipinski definition) is 2. The molecule has 0 radical (unpaired) electrons. The van der Waals surface area contributed by atoms with Crippen molar-refractivity contribution in [2.24, 2.45) is 0 Å². The van der Waals surface area contributed by atoms with Crippen LogP contribution in [0.3, 0.4) is 0 Å². The summed E-state index contributed by atoms with van der Waals surface area (Å²) in [5.74, 6) is 0. The first-order valence-corrected chi connectivity index (χ1v) is 7.86. The van der Waals surface area contributed by atoms with E-state index < -0.39 is 7.12 Å². The van der Waals surface area contributed by atoms with Crippen molar-refractivity contribution in [3.63, 3.8) is 0 Å². The van der Waals surface area contributed by atoms with Gasteiger partial charge in [-0.05, 0) is 27.7 Å². The van der Waals surface area contributed by atoms with Crippen LogP contribution in [0.4, 0.5) is 0 Å². The van der Waals surface area contributed by atoms with Gasteiger partial charge < -0.3 is 14.5 Å². The number of fused-ring (bicyclic) bond motifs is 8. The Balaban J connectivity index is 2.08. The molecule has 0 aliphatic rings. The zero-order valence-corrected chi connectivity index (χ0v) is 12.7. The van der Waals surface area contributed by atoms with Crippen LogP contribution in [-0.4, -0.2) is 17.2 Å². The number of benzene rings is 4. The summed E-state index contributed by atoms with van der Waals surface area (Å²) < 4.78 is 6.14. The summed E-state index contributed by atoms with van der Waals surface area (Å²) in [6.45, 7) is 0. The zero-order valence-electron chi connectivity index (χ0n) is 12.7. The lowest BCUT2D eigenvalue weighted by molar-refractivity contribution is 0.425. The standard InChI is InChI=1S/C20H13BO3/c22-21(23)12-9-10-17-18(11-12)24-20-16-8-4-2-6-14(16)13-5-1-3-7-15(13)19(17)20/h1-11,22-23H. The van der Waals surface area contributed by atoms with E-state index in [0.717, 1.165) is 32.5 Å². The lowest BCUT2D eigenvalue weighted by Gasteiger charge is -2.05. The highest BCUT2D eigenvalue weighted by Gasteiger charge is 2.17. The molecule has 2 N–H and O–H groups in total. The molecule has 1 aromatic heterocycles. The highest BCUT2D eigenvalue weighted by atomic mass is 16.4. The Morgan fingerprint density at radius 3 is 2.00 bits per heavy atom. The largest absolute Gasteiger partial charge is 0.488 e. The van der Waals surface area contributed by atoms with Crippen LogP contribution in [0.25, 0.3) is 43.5 Å². The van der Waals surface area contributed by atoms with Crippen molar-refractivity contribution in [3.8, 4) is 0 Å². The molecular formula is C20H13BO3. The minimum Gasteiger partial charge on any atom is -0.455 e. The van der Waals surface area contributed by atoms with Gasteiger partial charge >= 0.3 is 7.12 Å². The third-order valence-electron chi connectivity index (χ3n) is 4.67. The Morgan fingerprint density at radius 1 is 0.667 bits per heavy atom. The highest BCUT2D eigenvalue weighted by molar-refractivity contribution is 6.59. The molecule has 0 saturated carbocycles. The second-order valence-electron chi connectivity index (χ2n) is 6.03. The Morgan fingerprint density at radius 2 is 1.29 bits per heavy atom. The van der Waals surface area contributed by atoms with Crippen LogP contribution in [0.2, 0.25) is 0 Å². The first-order valence-electron chi connectivity index (χ1n) is 7.86. The van der Waals surface area contributed by atoms with Crippen LogP contribution < -0.4 is 5.46 Å². The summed E-state index contributed by atoms with van der Waals surface area (Å²) in [4.78, 5) is 0. The zero-order chi connectivity index (χ0) is 16.3. The van der Waals surface area contributed by atoms with Crippen LogP contribution in [0, 0.1) is 0 Å². The average Bonchev–Trinajstić information content (AvgIpc) is 3.01. The van der Waals surface area contributed by atoms with Crippen LogP contribution >= 0.6 is 0 Å². The molecule has 0 atom stereocenters. The molecule has 0 spiro atoms. The minimum atomic E-state index is -1.50. The molecule has 3 nitrogen and oxygen atoms in total. The van der Waals surface area contributed by atoms with Crippen molar-refractivity contribution < 1.29 is 14.5 Å². The van der Waals surface area contributed by atoms with Gasteiger partial charge in [-0.1, -0.05) is 60.7 Å². The van der Waals surface area contributed by atoms with Crippen LogP contribution in [-0.2, 0) is 0 Å². The van der Waals surface area contributed by atoms with Gasteiger partial charge in [0.15, 0.2) is 0 Å². The van der Waals surface area contributed by atoms with Gasteiger partial charge in [0, 0.05) is 16.2 Å². The second-order valence-corrected chi connectivity index (χ2v) is 6.03. The van der Waals surface area contributed by atoms with Gasteiger partial charge in [0.2, 0.25) is 0 Å². The summed E-state index contributed by atoms with van der Waals surface area (Å²) >= 11 is 0. The van der Waals surface area contributed by atoms with Gasteiger partial charge in [0.1, 0.15) is 11.2 Å². The van der Waals surface area contributed by atoms with Crippen molar-refractivity contribution in [1.82, 2.24) is 0 Å². The molecule has 0 aliphatic heterocycles. The second kappa shape index (κ2) is 4.84. The Bertz CT molecular complexity index is 1240. The highest BCUT2D eigenvalue weighted by Crippen LogP contribution is 2.40. The topological polar surface area (TPSA) is 53.6 Å². The monoisotopic (exact) mass is 312 g/mol. The smallest absolute Gasteiger partial charge is 0.455 e. The van der Waals surface area contributed by atoms with Gasteiger partial charge in [0.25, 0.3) is 0 Å². The fourth-order valence-corrected chi connectivity index (χ4v) is 3.58. The molecule has 0 aliphatic carbocycles. The van der Waals surface area contributed by atoms with E-state index in [1.54, 1.807) is 12.1 Å². The van der Waals surface area contributed by atoms with Crippen LogP contribution in [0.5, 0.6) is 0 Å². The summed E-state index contributed by atoms with van der Waals surface area (Å²) in [5.41, 5.74) is 1.93. The first-order chi connectivity index (χ1) is 11.7. The summed E-state index contributed by atoms with van der Waals surface area (Å²) in [6, 6.07) is 21.8. The quantitative estimate of drug-likeness (QED) is 0.367. The molecule has 1 heterocycles. The molecule has 0 bridgehead atoms. The maximum atomic E-state index is 9.42. The fourth-order valence-electron chi connectivity index (χ4n) is 3.58. The van der Waals surface area contributed by atoms with E-state index in [9.17, 15) is 10.0 Å². The average molecular weight is 312 g/mol. The third kappa shape index (κ3) is 1.75. The van der Waals surface area contributed by atoms with Gasteiger partial charge in [0.05, 0.1) is 0 Å². The Hall–Kier alpha value is -2.82. The molecular weight excluding hydrogens is 299 g/mol. The number of hydrogen-bond acceptors (Lipinski definition) is 3. The normalized spacial score (nSPS) is 11.8. The summed E-state index contributed by atoms with van der Waals surface area (Å²) in [7, 11) is -1.50. The SMILES string of the molecule is OB(O)c1ccc2c(c1)oc1c3ccccc3c3ccccc3c21. The Labute approximate surface area is 137 Å². The number of furan rings is 1. The maximum absolute atomic E-state index is 9.42. The molecule has 0 unspecified atom stereocenters. The van der Waals surface area contributed by atoms with Gasteiger partial charge in [-0.3, -0.25) is 0 Å². The van der Waals surface area contributed by atoms with Crippen molar-refractivity contribution in [1.29, 1.82) is 0 Å². The first kappa shape index (κ1) is 13.6. The van der Waals surface area contributed by atoms with Crippen molar-refractivity contribution in [3.05, 3.63) is 66.7 Å². The van der Waals surface area contributed by atoms with Crippen molar-refractivity contribution in [2.75, 3.05) is 0 Å². The van der Waals surface area contributed by atoms with Gasteiger partial charge in [-0.25, -0.2) is 0 Å². The number of rotatable bonds is 1. The maximum Gasteiger partial charge on any atom is 0.488 e. The lowest BCUT2D eigenvalue weighted by atomic mass is 9.80. The summed E-state index contributed by atoms with van der Waals surface area (Å²) in [5, 5.41) is 25.4. The van der Waals surface area contributed by atoms with E-state index in [-0.39, 0.29) is 0 Å². The fraction of sp³-hybridized carbons (Fsp3) is 0. The van der Waals surface area contributed by atoms with E-state index in [2.05, 4.69) is 24.3 Å². The molecule has 5 rings (SSSR count). The van der Waals surface area contributed by atoms with Gasteiger partial charge in [-0.15, -0.1) is 0 Å². The van der Waals surface area contributed by atoms with Crippen molar-refractivity contribution in [2.45, 2.75) is 0 Å². The molecule has 4 aromatic carbocycles. The van der Waals surface area contributed by atoms with E-state index in [1.165, 1.54) is 5.39 Å². The lowest BCUT2D eigenvalue weighted by Crippen LogP contribution is -2.29. The Kier molecular flexibility index (Phi) is 2.74. The molecule has 5 aromatic rings. The predicted molar refractivity (Wildman–Crippen MR) is 98.6 cm³/mol. The van der Waals surface area contributed by atoms with Crippen LogP contribution in [0.15, 0.2) is 71.1 Å². The molecule has 0 saturated heterocycles. The minimum absolute atomic E-state index is 0.426. The van der Waals surface area contributed by atoms with Gasteiger partial charge in [-0.2, -0.15) is 0 Å². The third-order valence-corrected chi connectivity index (χ3v) is 4.67. The predicted octanol–water partition coefficient (Wildman–Crippen LogP) is 3.57. The summed E-state index contributed by atoms with van der Waals surface area (Å²) in [6.07, 6.45) is 0. The van der Waals surface area contributed by atoms with Crippen molar-refractivity contribution >= 4 is 56.1 Å². The molecule has 0 fully saturated rings. The van der Waals surface area contributed by atoms with E-state index in [0.29, 0.717) is 11.0 Å². The molecule has 114 valence electrons. The molecule has 24 heavy (non-hydrogen) atoms. The van der Waals surface area contributed by atoms with E-state index in [4.69, 9.17) is 4.42 Å². The van der Waals surface area contributed by atoms with Crippen LogP contribution in [0.1, 0.15) is 0 Å².